The van der Waals surface area contributed by atoms with Crippen LogP contribution in [0.3, 0.4) is 0 Å². The Morgan fingerprint density at radius 1 is 1.10 bits per heavy atom. The van der Waals surface area contributed by atoms with Crippen LogP contribution in [-0.2, 0) is 17.6 Å². The molecule has 30 heavy (non-hydrogen) atoms. The maximum Gasteiger partial charge on any atom is 0.269 e. The van der Waals surface area contributed by atoms with Crippen molar-refractivity contribution in [2.24, 2.45) is 5.73 Å². The van der Waals surface area contributed by atoms with Crippen molar-refractivity contribution in [3.05, 3.63) is 70.9 Å². The van der Waals surface area contributed by atoms with Crippen LogP contribution in [0, 0.1) is 0 Å². The monoisotopic (exact) mass is 401 g/mol. The third-order valence-corrected chi connectivity index (χ3v) is 5.25. The van der Waals surface area contributed by atoms with Crippen molar-refractivity contribution in [2.45, 2.75) is 12.8 Å². The van der Waals surface area contributed by atoms with Gasteiger partial charge >= 0.3 is 0 Å². The summed E-state index contributed by atoms with van der Waals surface area (Å²) in [6.45, 7) is 0. The molecule has 0 atom stereocenters. The lowest BCUT2D eigenvalue weighted by Gasteiger charge is -2.19. The molecule has 2 amide bonds. The third-order valence-electron chi connectivity index (χ3n) is 5.25. The van der Waals surface area contributed by atoms with Crippen molar-refractivity contribution in [2.75, 3.05) is 19.8 Å². The fourth-order valence-electron chi connectivity index (χ4n) is 3.68. The van der Waals surface area contributed by atoms with Crippen LogP contribution in [0.25, 0.3) is 23.0 Å². The molecule has 7 nitrogen and oxygen atoms in total. The highest BCUT2D eigenvalue weighted by molar-refractivity contribution is 5.95. The van der Waals surface area contributed by atoms with Gasteiger partial charge in [-0.15, -0.1) is 0 Å². The molecule has 0 radical (unpaired) electrons. The Bertz CT molecular complexity index is 1170. The molecule has 1 aliphatic carbocycles. The van der Waals surface area contributed by atoms with E-state index in [-0.39, 0.29) is 5.91 Å². The van der Waals surface area contributed by atoms with Crippen LogP contribution in [0.1, 0.15) is 27.2 Å². The fourth-order valence-corrected chi connectivity index (χ4v) is 3.68. The Labute approximate surface area is 174 Å². The number of hydrogen-bond acceptors (Lipinski definition) is 4. The minimum absolute atomic E-state index is 0.0829. The Balaban J connectivity index is 1.79. The van der Waals surface area contributed by atoms with E-state index >= 15 is 0 Å². The number of hydrogen-bond donors (Lipinski definition) is 2. The Morgan fingerprint density at radius 2 is 1.83 bits per heavy atom. The molecule has 0 saturated heterocycles. The zero-order valence-corrected chi connectivity index (χ0v) is 16.9. The number of nitrogen functional groups attached to an aromatic ring is 1. The molecule has 7 heteroatoms. The first-order valence-corrected chi connectivity index (χ1v) is 9.65. The lowest BCUT2D eigenvalue weighted by Crippen LogP contribution is -2.18. The summed E-state index contributed by atoms with van der Waals surface area (Å²) in [5.41, 5.74) is 18.1. The summed E-state index contributed by atoms with van der Waals surface area (Å²) in [5.74, 6) is -0.625. The summed E-state index contributed by atoms with van der Waals surface area (Å²) < 4.78 is 1.76. The van der Waals surface area contributed by atoms with E-state index in [0.717, 1.165) is 40.1 Å². The standard InChI is InChI=1S/C23H23N5O2/c1-27(2)20(29)12-5-14-3-9-17(10-4-14)28-22-18(21(26-28)23(25)30)11-7-15-6-8-16(24)13-19(15)22/h3-6,8-10,12-13H,7,11,24H2,1-2H3,(H2,25,30)/b12-5+. The molecule has 1 aliphatic rings. The molecular formula is C23H23N5O2. The first kappa shape index (κ1) is 19.4. The lowest BCUT2D eigenvalue weighted by molar-refractivity contribution is -0.123. The van der Waals surface area contributed by atoms with E-state index in [4.69, 9.17) is 11.5 Å². The molecule has 0 spiro atoms. The molecule has 1 heterocycles. The average molecular weight is 401 g/mol. The second-order valence-electron chi connectivity index (χ2n) is 7.53. The predicted molar refractivity (Wildman–Crippen MR) is 117 cm³/mol. The van der Waals surface area contributed by atoms with Crippen molar-refractivity contribution < 1.29 is 9.59 Å². The number of primary amides is 1. The van der Waals surface area contributed by atoms with Gasteiger partial charge < -0.3 is 16.4 Å². The zero-order chi connectivity index (χ0) is 21.4. The number of aryl methyl sites for hydroxylation is 1. The van der Waals surface area contributed by atoms with Crippen LogP contribution in [0.2, 0.25) is 0 Å². The van der Waals surface area contributed by atoms with Crippen LogP contribution in [0.5, 0.6) is 0 Å². The molecule has 0 unspecified atom stereocenters. The maximum atomic E-state index is 12.0. The number of carbonyl (C=O) groups excluding carboxylic acids is 2. The number of fused-ring (bicyclic) bond motifs is 3. The second kappa shape index (κ2) is 7.51. The summed E-state index contributed by atoms with van der Waals surface area (Å²) in [5, 5.41) is 4.54. The number of carbonyl (C=O) groups is 2. The number of nitrogens with zero attached hydrogens (tertiary/aromatic N) is 3. The van der Waals surface area contributed by atoms with Crippen LogP contribution in [-0.4, -0.2) is 40.6 Å². The summed E-state index contributed by atoms with van der Waals surface area (Å²) >= 11 is 0. The molecule has 1 aromatic heterocycles. The average Bonchev–Trinajstić information content (AvgIpc) is 3.12. The summed E-state index contributed by atoms with van der Waals surface area (Å²) in [6.07, 6.45) is 4.78. The highest BCUT2D eigenvalue weighted by Gasteiger charge is 2.28. The van der Waals surface area contributed by atoms with E-state index in [2.05, 4.69) is 5.10 Å². The normalized spacial score (nSPS) is 12.5. The number of likely N-dealkylation sites (N-methyl/N-ethyl adjacent to an activating group) is 1. The van der Waals surface area contributed by atoms with Crippen molar-refractivity contribution in [3.63, 3.8) is 0 Å². The zero-order valence-electron chi connectivity index (χ0n) is 16.9. The van der Waals surface area contributed by atoms with Gasteiger partial charge in [-0.25, -0.2) is 4.68 Å². The van der Waals surface area contributed by atoms with E-state index in [9.17, 15) is 9.59 Å². The van der Waals surface area contributed by atoms with Gasteiger partial charge in [0.25, 0.3) is 5.91 Å². The minimum atomic E-state index is -0.542. The molecule has 2 aromatic carbocycles. The first-order valence-electron chi connectivity index (χ1n) is 9.65. The maximum absolute atomic E-state index is 12.0. The van der Waals surface area contributed by atoms with Gasteiger partial charge in [-0.1, -0.05) is 18.2 Å². The number of amides is 2. The van der Waals surface area contributed by atoms with Gasteiger partial charge in [0, 0.05) is 37.0 Å². The van der Waals surface area contributed by atoms with Gasteiger partial charge in [0.05, 0.1) is 11.4 Å². The Morgan fingerprint density at radius 3 is 2.50 bits per heavy atom. The Hall–Kier alpha value is -3.87. The molecule has 152 valence electrons. The third kappa shape index (κ3) is 3.45. The molecule has 3 aromatic rings. The highest BCUT2D eigenvalue weighted by Crippen LogP contribution is 2.37. The molecule has 4 rings (SSSR count). The van der Waals surface area contributed by atoms with Gasteiger partial charge in [-0.3, -0.25) is 9.59 Å². The number of aromatic nitrogens is 2. The van der Waals surface area contributed by atoms with E-state index < -0.39 is 5.91 Å². The second-order valence-corrected chi connectivity index (χ2v) is 7.53. The lowest BCUT2D eigenvalue weighted by atomic mass is 9.88. The molecule has 0 aliphatic heterocycles. The van der Waals surface area contributed by atoms with Gasteiger partial charge in [0.15, 0.2) is 5.69 Å². The van der Waals surface area contributed by atoms with Gasteiger partial charge in [0.2, 0.25) is 5.91 Å². The van der Waals surface area contributed by atoms with Gasteiger partial charge in [-0.05, 0) is 54.3 Å². The fraction of sp³-hybridized carbons (Fsp3) is 0.174. The molecular weight excluding hydrogens is 378 g/mol. The van der Waals surface area contributed by atoms with E-state index in [1.165, 1.54) is 11.0 Å². The van der Waals surface area contributed by atoms with Gasteiger partial charge in [0.1, 0.15) is 0 Å². The molecule has 0 bridgehead atoms. The number of anilines is 1. The predicted octanol–water partition coefficient (Wildman–Crippen LogP) is 2.42. The summed E-state index contributed by atoms with van der Waals surface area (Å²) in [6, 6.07) is 13.4. The SMILES string of the molecule is CN(C)C(=O)/C=C/c1ccc(-n2nc(C(N)=O)c3c2-c2cc(N)ccc2CC3)cc1. The summed E-state index contributed by atoms with van der Waals surface area (Å²) in [7, 11) is 3.41. The number of rotatable bonds is 4. The van der Waals surface area contributed by atoms with Crippen LogP contribution < -0.4 is 11.5 Å². The van der Waals surface area contributed by atoms with E-state index in [1.54, 1.807) is 24.9 Å². The minimum Gasteiger partial charge on any atom is -0.399 e. The number of nitrogens with two attached hydrogens (primary N) is 2. The summed E-state index contributed by atoms with van der Waals surface area (Å²) in [4.78, 5) is 25.3. The van der Waals surface area contributed by atoms with Gasteiger partial charge in [-0.2, -0.15) is 5.10 Å². The van der Waals surface area contributed by atoms with Crippen molar-refractivity contribution in [1.82, 2.24) is 14.7 Å². The quantitative estimate of drug-likeness (QED) is 0.517. The van der Waals surface area contributed by atoms with E-state index in [1.807, 2.05) is 42.5 Å². The van der Waals surface area contributed by atoms with Crippen LogP contribution in [0.15, 0.2) is 48.5 Å². The molecule has 0 saturated carbocycles. The van der Waals surface area contributed by atoms with E-state index in [0.29, 0.717) is 17.8 Å². The molecule has 0 fully saturated rings. The van der Waals surface area contributed by atoms with Crippen molar-refractivity contribution in [3.8, 4) is 16.9 Å². The van der Waals surface area contributed by atoms with Crippen molar-refractivity contribution >= 4 is 23.6 Å². The Kier molecular flexibility index (Phi) is 4.87. The highest BCUT2D eigenvalue weighted by atomic mass is 16.2. The topological polar surface area (TPSA) is 107 Å². The van der Waals surface area contributed by atoms with Crippen LogP contribution >= 0.6 is 0 Å². The van der Waals surface area contributed by atoms with Crippen LogP contribution in [0.4, 0.5) is 5.69 Å². The molecule has 4 N–H and O–H groups in total. The number of benzene rings is 2. The van der Waals surface area contributed by atoms with Crippen molar-refractivity contribution in [1.29, 1.82) is 0 Å². The first-order chi connectivity index (χ1) is 14.3. The largest absolute Gasteiger partial charge is 0.399 e. The smallest absolute Gasteiger partial charge is 0.269 e.